The lowest BCUT2D eigenvalue weighted by Gasteiger charge is -2.27. The number of carbonyl (C=O) groups excluding carboxylic acids is 1. The summed E-state index contributed by atoms with van der Waals surface area (Å²) in [6.45, 7) is 4.74. The van der Waals surface area contributed by atoms with Gasteiger partial charge < -0.3 is 18.9 Å². The summed E-state index contributed by atoms with van der Waals surface area (Å²) in [6, 6.07) is 14.9. The molecule has 3 aromatic rings. The van der Waals surface area contributed by atoms with E-state index in [1.165, 1.54) is 11.3 Å². The van der Waals surface area contributed by atoms with E-state index >= 15 is 0 Å². The molecular formula is C26H31N3O5S. The van der Waals surface area contributed by atoms with Crippen molar-refractivity contribution in [2.75, 3.05) is 65.1 Å². The Balaban J connectivity index is 1.51. The maximum atomic E-state index is 13.3. The van der Waals surface area contributed by atoms with Crippen LogP contribution in [-0.2, 0) is 9.53 Å². The zero-order chi connectivity index (χ0) is 24.5. The van der Waals surface area contributed by atoms with Gasteiger partial charge in [0.25, 0.3) is 5.91 Å². The highest BCUT2D eigenvalue weighted by Gasteiger charge is 2.22. The van der Waals surface area contributed by atoms with Gasteiger partial charge >= 0.3 is 0 Å². The van der Waals surface area contributed by atoms with E-state index in [0.717, 1.165) is 50.5 Å². The van der Waals surface area contributed by atoms with E-state index in [-0.39, 0.29) is 12.5 Å². The van der Waals surface area contributed by atoms with Gasteiger partial charge in [0.1, 0.15) is 17.2 Å². The number of anilines is 1. The van der Waals surface area contributed by atoms with Crippen LogP contribution in [0.25, 0.3) is 11.3 Å². The SMILES string of the molecule is COc1ccc(OC)c(-c2csc(N(CCCN3CCOCC3)C(=O)COc3ccccc3)n2)c1. The van der Waals surface area contributed by atoms with Crippen molar-refractivity contribution in [3.8, 4) is 28.5 Å². The van der Waals surface area contributed by atoms with Gasteiger partial charge in [0.2, 0.25) is 0 Å². The molecule has 1 saturated heterocycles. The number of benzene rings is 2. The second kappa shape index (κ2) is 12.5. The van der Waals surface area contributed by atoms with Crippen LogP contribution < -0.4 is 19.1 Å². The molecule has 0 unspecified atom stereocenters. The average Bonchev–Trinajstić information content (AvgIpc) is 3.40. The molecule has 0 N–H and O–H groups in total. The van der Waals surface area contributed by atoms with Gasteiger partial charge in [-0.15, -0.1) is 11.3 Å². The minimum atomic E-state index is -0.130. The summed E-state index contributed by atoms with van der Waals surface area (Å²) in [5.74, 6) is 1.94. The van der Waals surface area contributed by atoms with E-state index in [1.807, 2.05) is 53.9 Å². The van der Waals surface area contributed by atoms with E-state index in [0.29, 0.717) is 28.9 Å². The highest BCUT2D eigenvalue weighted by atomic mass is 32.1. The van der Waals surface area contributed by atoms with Gasteiger partial charge in [-0.2, -0.15) is 0 Å². The zero-order valence-electron chi connectivity index (χ0n) is 20.1. The molecule has 1 aliphatic heterocycles. The topological polar surface area (TPSA) is 73.4 Å². The molecule has 186 valence electrons. The van der Waals surface area contributed by atoms with Crippen LogP contribution in [0.2, 0.25) is 0 Å². The molecule has 2 aromatic carbocycles. The molecule has 4 rings (SSSR count). The Morgan fingerprint density at radius 1 is 1.09 bits per heavy atom. The molecule has 0 radical (unpaired) electrons. The maximum absolute atomic E-state index is 13.3. The predicted molar refractivity (Wildman–Crippen MR) is 137 cm³/mol. The number of methoxy groups -OCH3 is 2. The summed E-state index contributed by atoms with van der Waals surface area (Å²) in [5, 5.41) is 2.57. The van der Waals surface area contributed by atoms with Crippen molar-refractivity contribution in [2.24, 2.45) is 0 Å². The number of nitrogens with zero attached hydrogens (tertiary/aromatic N) is 3. The number of ether oxygens (including phenoxy) is 4. The third-order valence-electron chi connectivity index (χ3n) is 5.77. The molecule has 0 spiro atoms. The molecule has 1 aromatic heterocycles. The van der Waals surface area contributed by atoms with Gasteiger partial charge in [-0.1, -0.05) is 18.2 Å². The van der Waals surface area contributed by atoms with Crippen molar-refractivity contribution in [1.29, 1.82) is 0 Å². The molecular weight excluding hydrogens is 466 g/mol. The summed E-state index contributed by atoms with van der Waals surface area (Å²) in [5.41, 5.74) is 1.55. The molecule has 0 saturated carbocycles. The summed E-state index contributed by atoms with van der Waals surface area (Å²) >= 11 is 1.43. The molecule has 1 amide bonds. The smallest absolute Gasteiger partial charge is 0.266 e. The third kappa shape index (κ3) is 6.72. The summed E-state index contributed by atoms with van der Waals surface area (Å²) in [7, 11) is 3.25. The lowest BCUT2D eigenvalue weighted by atomic mass is 10.1. The predicted octanol–water partition coefficient (Wildman–Crippen LogP) is 3.96. The van der Waals surface area contributed by atoms with Gasteiger partial charge in [0.15, 0.2) is 11.7 Å². The van der Waals surface area contributed by atoms with Gasteiger partial charge in [0.05, 0.1) is 33.1 Å². The van der Waals surface area contributed by atoms with Crippen molar-refractivity contribution in [3.63, 3.8) is 0 Å². The Hall–Kier alpha value is -3.14. The minimum absolute atomic E-state index is 0.0566. The van der Waals surface area contributed by atoms with Crippen molar-refractivity contribution in [3.05, 3.63) is 53.9 Å². The molecule has 8 nitrogen and oxygen atoms in total. The van der Waals surface area contributed by atoms with E-state index in [1.54, 1.807) is 19.1 Å². The lowest BCUT2D eigenvalue weighted by molar-refractivity contribution is -0.120. The van der Waals surface area contributed by atoms with Crippen LogP contribution in [0, 0.1) is 0 Å². The first-order chi connectivity index (χ1) is 17.2. The molecule has 0 atom stereocenters. The Labute approximate surface area is 210 Å². The Bertz CT molecular complexity index is 1090. The number of amides is 1. The fraction of sp³-hybridized carbons (Fsp3) is 0.385. The first-order valence-corrected chi connectivity index (χ1v) is 12.5. The summed E-state index contributed by atoms with van der Waals surface area (Å²) in [4.78, 5) is 22.2. The van der Waals surface area contributed by atoms with Crippen LogP contribution in [0.15, 0.2) is 53.9 Å². The number of hydrogen-bond donors (Lipinski definition) is 0. The van der Waals surface area contributed by atoms with Gasteiger partial charge in [-0.25, -0.2) is 4.98 Å². The fourth-order valence-corrected chi connectivity index (χ4v) is 4.74. The van der Waals surface area contributed by atoms with Crippen LogP contribution in [0.1, 0.15) is 6.42 Å². The molecule has 1 aliphatic rings. The zero-order valence-corrected chi connectivity index (χ0v) is 21.0. The van der Waals surface area contributed by atoms with Crippen LogP contribution in [0.5, 0.6) is 17.2 Å². The Morgan fingerprint density at radius 3 is 2.63 bits per heavy atom. The minimum Gasteiger partial charge on any atom is -0.497 e. The monoisotopic (exact) mass is 497 g/mol. The average molecular weight is 498 g/mol. The normalized spacial score (nSPS) is 13.9. The Morgan fingerprint density at radius 2 is 1.89 bits per heavy atom. The summed E-state index contributed by atoms with van der Waals surface area (Å²) in [6.07, 6.45) is 0.828. The fourth-order valence-electron chi connectivity index (χ4n) is 3.87. The van der Waals surface area contributed by atoms with E-state index in [2.05, 4.69) is 4.90 Å². The van der Waals surface area contributed by atoms with E-state index in [4.69, 9.17) is 23.9 Å². The molecule has 35 heavy (non-hydrogen) atoms. The standard InChI is InChI=1S/C26H31N3O5S/c1-31-21-9-10-24(32-2)22(17-21)23-19-35-26(27-23)29(12-6-11-28-13-15-33-16-14-28)25(30)18-34-20-7-4-3-5-8-20/h3-5,7-10,17,19H,6,11-16,18H2,1-2H3. The van der Waals surface area contributed by atoms with E-state index in [9.17, 15) is 4.79 Å². The van der Waals surface area contributed by atoms with Crippen LogP contribution in [0.3, 0.4) is 0 Å². The second-order valence-electron chi connectivity index (χ2n) is 8.04. The number of para-hydroxylation sites is 1. The molecule has 1 fully saturated rings. The summed E-state index contributed by atoms with van der Waals surface area (Å²) < 4.78 is 22.1. The number of thiazole rings is 1. The number of morpholine rings is 1. The molecule has 9 heteroatoms. The number of carbonyl (C=O) groups is 1. The van der Waals surface area contributed by atoms with Crippen LogP contribution in [-0.4, -0.2) is 76.0 Å². The van der Waals surface area contributed by atoms with Crippen LogP contribution >= 0.6 is 11.3 Å². The van der Waals surface area contributed by atoms with Gasteiger partial charge in [-0.3, -0.25) is 14.6 Å². The molecule has 0 aliphatic carbocycles. The van der Waals surface area contributed by atoms with E-state index < -0.39 is 0 Å². The molecule has 0 bridgehead atoms. The Kier molecular flexibility index (Phi) is 8.94. The largest absolute Gasteiger partial charge is 0.497 e. The number of hydrogen-bond acceptors (Lipinski definition) is 8. The van der Waals surface area contributed by atoms with Gasteiger partial charge in [-0.05, 0) is 36.8 Å². The van der Waals surface area contributed by atoms with Crippen molar-refractivity contribution in [1.82, 2.24) is 9.88 Å². The van der Waals surface area contributed by atoms with Crippen molar-refractivity contribution in [2.45, 2.75) is 6.42 Å². The number of aromatic nitrogens is 1. The first kappa shape index (κ1) is 25.0. The molecule has 2 heterocycles. The quantitative estimate of drug-likeness (QED) is 0.397. The highest BCUT2D eigenvalue weighted by Crippen LogP contribution is 2.36. The number of rotatable bonds is 11. The third-order valence-corrected chi connectivity index (χ3v) is 6.64. The second-order valence-corrected chi connectivity index (χ2v) is 8.87. The first-order valence-electron chi connectivity index (χ1n) is 11.6. The van der Waals surface area contributed by atoms with Crippen molar-refractivity contribution < 1.29 is 23.7 Å². The lowest BCUT2D eigenvalue weighted by Crippen LogP contribution is -2.40. The maximum Gasteiger partial charge on any atom is 0.266 e. The van der Waals surface area contributed by atoms with Gasteiger partial charge in [0, 0.05) is 37.1 Å². The van der Waals surface area contributed by atoms with Crippen LogP contribution in [0.4, 0.5) is 5.13 Å². The highest BCUT2D eigenvalue weighted by molar-refractivity contribution is 7.14. The van der Waals surface area contributed by atoms with Crippen molar-refractivity contribution >= 4 is 22.4 Å².